The zero-order chi connectivity index (χ0) is 11.0. The molecule has 1 aliphatic carbocycles. The van der Waals surface area contributed by atoms with Crippen molar-refractivity contribution in [3.05, 3.63) is 35.9 Å². The van der Waals surface area contributed by atoms with Crippen molar-refractivity contribution in [2.45, 2.75) is 25.4 Å². The highest BCUT2D eigenvalue weighted by atomic mass is 15.2. The van der Waals surface area contributed by atoms with Crippen molar-refractivity contribution in [2.24, 2.45) is 17.6 Å². The summed E-state index contributed by atoms with van der Waals surface area (Å²) in [4.78, 5) is 2.50. The zero-order valence-corrected chi connectivity index (χ0v) is 9.68. The highest BCUT2D eigenvalue weighted by Gasteiger charge is 2.39. The van der Waals surface area contributed by atoms with Gasteiger partial charge in [-0.3, -0.25) is 4.90 Å². The highest BCUT2D eigenvalue weighted by Crippen LogP contribution is 2.37. The van der Waals surface area contributed by atoms with Crippen LogP contribution in [0.3, 0.4) is 0 Å². The molecule has 0 amide bonds. The van der Waals surface area contributed by atoms with E-state index in [1.165, 1.54) is 31.5 Å². The molecule has 1 unspecified atom stereocenters. The van der Waals surface area contributed by atoms with Gasteiger partial charge in [-0.25, -0.2) is 0 Å². The van der Waals surface area contributed by atoms with Gasteiger partial charge in [0.25, 0.3) is 0 Å². The molecule has 2 fully saturated rings. The van der Waals surface area contributed by atoms with E-state index in [-0.39, 0.29) is 0 Å². The summed E-state index contributed by atoms with van der Waals surface area (Å²) >= 11 is 0. The Labute approximate surface area is 97.4 Å². The number of hydrogen-bond acceptors (Lipinski definition) is 2. The van der Waals surface area contributed by atoms with Crippen LogP contribution in [0.1, 0.15) is 18.4 Å². The van der Waals surface area contributed by atoms with E-state index in [9.17, 15) is 0 Å². The molecule has 16 heavy (non-hydrogen) atoms. The number of rotatable bonds is 4. The lowest BCUT2D eigenvalue weighted by molar-refractivity contribution is 0.0690. The first-order valence-electron chi connectivity index (χ1n) is 6.35. The van der Waals surface area contributed by atoms with Crippen LogP contribution in [0.25, 0.3) is 0 Å². The summed E-state index contributed by atoms with van der Waals surface area (Å²) in [7, 11) is 0. The van der Waals surface area contributed by atoms with E-state index in [0.717, 1.165) is 18.4 Å². The average Bonchev–Trinajstić information content (AvgIpc) is 3.07. The second-order valence-electron chi connectivity index (χ2n) is 5.35. The fourth-order valence-electron chi connectivity index (χ4n) is 2.69. The quantitative estimate of drug-likeness (QED) is 0.832. The Morgan fingerprint density at radius 3 is 2.44 bits per heavy atom. The van der Waals surface area contributed by atoms with Crippen LogP contribution in [0.4, 0.5) is 0 Å². The molecule has 2 heteroatoms. The lowest BCUT2D eigenvalue weighted by atomic mass is 9.89. The third-order valence-corrected chi connectivity index (χ3v) is 3.95. The summed E-state index contributed by atoms with van der Waals surface area (Å²) < 4.78 is 0. The van der Waals surface area contributed by atoms with Crippen molar-refractivity contribution in [1.29, 1.82) is 0 Å². The van der Waals surface area contributed by atoms with Crippen molar-refractivity contribution in [3.63, 3.8) is 0 Å². The molecule has 86 valence electrons. The van der Waals surface area contributed by atoms with Crippen LogP contribution in [0.2, 0.25) is 0 Å². The standard InChI is InChI=1S/C14H20N2/c15-14(12-6-7-12)13-9-16(10-13)8-11-4-2-1-3-5-11/h1-5,12-14H,6-10,15H2. The summed E-state index contributed by atoms with van der Waals surface area (Å²) in [5.74, 6) is 1.61. The van der Waals surface area contributed by atoms with E-state index in [4.69, 9.17) is 5.73 Å². The molecule has 1 aliphatic heterocycles. The van der Waals surface area contributed by atoms with Crippen LogP contribution in [0.5, 0.6) is 0 Å². The van der Waals surface area contributed by atoms with Gasteiger partial charge in [-0.05, 0) is 30.2 Å². The molecular formula is C14H20N2. The van der Waals surface area contributed by atoms with E-state index < -0.39 is 0 Å². The molecule has 0 aromatic heterocycles. The maximum absolute atomic E-state index is 6.21. The van der Waals surface area contributed by atoms with Gasteiger partial charge in [-0.15, -0.1) is 0 Å². The molecular weight excluding hydrogens is 196 g/mol. The van der Waals surface area contributed by atoms with E-state index in [1.807, 2.05) is 0 Å². The van der Waals surface area contributed by atoms with E-state index in [2.05, 4.69) is 35.2 Å². The van der Waals surface area contributed by atoms with Crippen molar-refractivity contribution in [1.82, 2.24) is 4.90 Å². The Morgan fingerprint density at radius 1 is 1.12 bits per heavy atom. The van der Waals surface area contributed by atoms with E-state index in [0.29, 0.717) is 6.04 Å². The topological polar surface area (TPSA) is 29.3 Å². The Morgan fingerprint density at radius 2 is 1.81 bits per heavy atom. The van der Waals surface area contributed by atoms with Crippen molar-refractivity contribution in [3.8, 4) is 0 Å². The molecule has 2 nitrogen and oxygen atoms in total. The molecule has 1 saturated heterocycles. The molecule has 0 spiro atoms. The first-order chi connectivity index (χ1) is 7.83. The number of nitrogens with zero attached hydrogens (tertiary/aromatic N) is 1. The fourth-order valence-corrected chi connectivity index (χ4v) is 2.69. The molecule has 1 aromatic carbocycles. The van der Waals surface area contributed by atoms with Crippen molar-refractivity contribution < 1.29 is 0 Å². The van der Waals surface area contributed by atoms with E-state index in [1.54, 1.807) is 0 Å². The summed E-state index contributed by atoms with van der Waals surface area (Å²) in [6, 6.07) is 11.2. The smallest absolute Gasteiger partial charge is 0.0234 e. The summed E-state index contributed by atoms with van der Waals surface area (Å²) in [5.41, 5.74) is 7.63. The Kier molecular flexibility index (Phi) is 2.70. The van der Waals surface area contributed by atoms with Gasteiger partial charge < -0.3 is 5.73 Å². The lowest BCUT2D eigenvalue weighted by Crippen LogP contribution is -2.54. The Bertz CT molecular complexity index is 339. The number of nitrogens with two attached hydrogens (primary N) is 1. The summed E-state index contributed by atoms with van der Waals surface area (Å²) in [6.07, 6.45) is 2.74. The van der Waals surface area contributed by atoms with Gasteiger partial charge >= 0.3 is 0 Å². The van der Waals surface area contributed by atoms with Gasteiger partial charge in [-0.2, -0.15) is 0 Å². The van der Waals surface area contributed by atoms with Gasteiger partial charge in [0.15, 0.2) is 0 Å². The van der Waals surface area contributed by atoms with Gasteiger partial charge in [-0.1, -0.05) is 30.3 Å². The Balaban J connectivity index is 1.47. The maximum atomic E-state index is 6.21. The first-order valence-corrected chi connectivity index (χ1v) is 6.35. The second-order valence-corrected chi connectivity index (χ2v) is 5.35. The maximum Gasteiger partial charge on any atom is 0.0234 e. The van der Waals surface area contributed by atoms with Crippen molar-refractivity contribution in [2.75, 3.05) is 13.1 Å². The van der Waals surface area contributed by atoms with Gasteiger partial charge in [0.05, 0.1) is 0 Å². The minimum Gasteiger partial charge on any atom is -0.327 e. The summed E-state index contributed by atoms with van der Waals surface area (Å²) in [6.45, 7) is 3.49. The second kappa shape index (κ2) is 4.19. The minimum absolute atomic E-state index is 0.479. The van der Waals surface area contributed by atoms with Crippen LogP contribution in [-0.4, -0.2) is 24.0 Å². The molecule has 1 heterocycles. The molecule has 3 rings (SSSR count). The van der Waals surface area contributed by atoms with Crippen molar-refractivity contribution >= 4 is 0 Å². The van der Waals surface area contributed by atoms with Gasteiger partial charge in [0, 0.05) is 25.7 Å². The van der Waals surface area contributed by atoms with E-state index >= 15 is 0 Å². The fraction of sp³-hybridized carbons (Fsp3) is 0.571. The number of benzene rings is 1. The number of hydrogen-bond donors (Lipinski definition) is 1. The molecule has 1 aromatic rings. The van der Waals surface area contributed by atoms with Crippen LogP contribution < -0.4 is 5.73 Å². The predicted octanol–water partition coefficient (Wildman–Crippen LogP) is 1.86. The minimum atomic E-state index is 0.479. The molecule has 2 aliphatic rings. The zero-order valence-electron chi connectivity index (χ0n) is 9.68. The Hall–Kier alpha value is -0.860. The highest BCUT2D eigenvalue weighted by molar-refractivity contribution is 5.15. The molecule has 2 N–H and O–H groups in total. The molecule has 1 saturated carbocycles. The lowest BCUT2D eigenvalue weighted by Gasteiger charge is -2.42. The van der Waals surface area contributed by atoms with Gasteiger partial charge in [0.1, 0.15) is 0 Å². The first kappa shape index (κ1) is 10.3. The van der Waals surface area contributed by atoms with Crippen LogP contribution in [-0.2, 0) is 6.54 Å². The van der Waals surface area contributed by atoms with Crippen LogP contribution >= 0.6 is 0 Å². The third-order valence-electron chi connectivity index (χ3n) is 3.95. The molecule has 0 radical (unpaired) electrons. The van der Waals surface area contributed by atoms with Crippen LogP contribution in [0.15, 0.2) is 30.3 Å². The van der Waals surface area contributed by atoms with Crippen LogP contribution in [0, 0.1) is 11.8 Å². The molecule has 0 bridgehead atoms. The third kappa shape index (κ3) is 2.13. The SMILES string of the molecule is NC(C1CC1)C1CN(Cc2ccccc2)C1. The summed E-state index contributed by atoms with van der Waals surface area (Å²) in [5, 5.41) is 0. The average molecular weight is 216 g/mol. The largest absolute Gasteiger partial charge is 0.327 e. The predicted molar refractivity (Wildman–Crippen MR) is 65.9 cm³/mol. The molecule has 1 atom stereocenters. The van der Waals surface area contributed by atoms with Gasteiger partial charge in [0.2, 0.25) is 0 Å². The monoisotopic (exact) mass is 216 g/mol. The normalized spacial score (nSPS) is 24.1. The number of likely N-dealkylation sites (tertiary alicyclic amines) is 1.